The Morgan fingerprint density at radius 2 is 2.00 bits per heavy atom. The number of benzene rings is 1. The molecule has 0 saturated carbocycles. The number of halogens is 1. The number of ether oxygens (including phenoxy) is 1. The molecule has 122 valence electrons. The molecule has 0 spiro atoms. The normalized spacial score (nSPS) is 16.2. The van der Waals surface area contributed by atoms with Crippen LogP contribution in [0.15, 0.2) is 34.9 Å². The van der Waals surface area contributed by atoms with Gasteiger partial charge in [0.05, 0.1) is 19.3 Å². The Bertz CT molecular complexity index is 665. The minimum absolute atomic E-state index is 0.150. The number of rotatable bonds is 4. The lowest BCUT2D eigenvalue weighted by molar-refractivity contribution is 0.0930. The Morgan fingerprint density at radius 3 is 2.70 bits per heavy atom. The van der Waals surface area contributed by atoms with Gasteiger partial charge in [0.2, 0.25) is 5.88 Å². The zero-order valence-corrected chi connectivity index (χ0v) is 13.5. The summed E-state index contributed by atoms with van der Waals surface area (Å²) in [5.41, 5.74) is 1.24. The fourth-order valence-corrected chi connectivity index (χ4v) is 2.54. The van der Waals surface area contributed by atoms with Gasteiger partial charge in [-0.2, -0.15) is 0 Å². The van der Waals surface area contributed by atoms with Gasteiger partial charge in [0, 0.05) is 24.2 Å². The Balaban J connectivity index is 1.63. The van der Waals surface area contributed by atoms with Crippen molar-refractivity contribution < 1.29 is 14.1 Å². The lowest BCUT2D eigenvalue weighted by Gasteiger charge is -2.25. The number of nitrogens with zero attached hydrogens (tertiary/aromatic N) is 2. The SMILES string of the molecule is C[C@@H](NC(=O)c1cc(N2CCOCC2)on1)c1ccc(Cl)cc1. The Kier molecular flexibility index (Phi) is 4.83. The highest BCUT2D eigenvalue weighted by Gasteiger charge is 2.20. The van der Waals surface area contributed by atoms with E-state index < -0.39 is 0 Å². The van der Waals surface area contributed by atoms with Crippen molar-refractivity contribution in [1.29, 1.82) is 0 Å². The summed E-state index contributed by atoms with van der Waals surface area (Å²) in [6.07, 6.45) is 0. The highest BCUT2D eigenvalue weighted by molar-refractivity contribution is 6.30. The molecule has 1 aromatic heterocycles. The summed E-state index contributed by atoms with van der Waals surface area (Å²) in [6, 6.07) is 8.88. The highest BCUT2D eigenvalue weighted by Crippen LogP contribution is 2.19. The number of hydrogen-bond donors (Lipinski definition) is 1. The van der Waals surface area contributed by atoms with Gasteiger partial charge in [-0.05, 0) is 24.6 Å². The Morgan fingerprint density at radius 1 is 1.30 bits per heavy atom. The third-order valence-corrected chi connectivity index (χ3v) is 4.02. The molecule has 1 aliphatic rings. The third kappa shape index (κ3) is 3.83. The lowest BCUT2D eigenvalue weighted by atomic mass is 10.1. The highest BCUT2D eigenvalue weighted by atomic mass is 35.5. The second-order valence-corrected chi connectivity index (χ2v) is 5.83. The Labute approximate surface area is 139 Å². The molecule has 23 heavy (non-hydrogen) atoms. The quantitative estimate of drug-likeness (QED) is 0.930. The average molecular weight is 336 g/mol. The molecule has 0 unspecified atom stereocenters. The molecule has 0 bridgehead atoms. The topological polar surface area (TPSA) is 67.6 Å². The van der Waals surface area contributed by atoms with E-state index in [0.717, 1.165) is 18.7 Å². The van der Waals surface area contributed by atoms with E-state index in [1.165, 1.54) is 0 Å². The van der Waals surface area contributed by atoms with Crippen molar-refractivity contribution >= 4 is 23.4 Å². The molecule has 2 aromatic rings. The minimum atomic E-state index is -0.268. The van der Waals surface area contributed by atoms with Crippen molar-refractivity contribution in [3.63, 3.8) is 0 Å². The van der Waals surface area contributed by atoms with E-state index in [0.29, 0.717) is 24.1 Å². The van der Waals surface area contributed by atoms with Crippen LogP contribution in [0, 0.1) is 0 Å². The van der Waals surface area contributed by atoms with Crippen molar-refractivity contribution in [1.82, 2.24) is 10.5 Å². The van der Waals surface area contributed by atoms with Crippen LogP contribution in [0.1, 0.15) is 29.0 Å². The van der Waals surface area contributed by atoms with Gasteiger partial charge in [-0.25, -0.2) is 0 Å². The van der Waals surface area contributed by atoms with E-state index in [1.807, 2.05) is 24.0 Å². The van der Waals surface area contributed by atoms with Gasteiger partial charge < -0.3 is 19.5 Å². The van der Waals surface area contributed by atoms with E-state index in [4.69, 9.17) is 20.9 Å². The first-order valence-electron chi connectivity index (χ1n) is 7.49. The molecule has 1 saturated heterocycles. The fourth-order valence-electron chi connectivity index (χ4n) is 2.41. The van der Waals surface area contributed by atoms with Crippen LogP contribution in [0.3, 0.4) is 0 Å². The number of anilines is 1. The molecule has 3 rings (SSSR count). The molecule has 7 heteroatoms. The minimum Gasteiger partial charge on any atom is -0.378 e. The van der Waals surface area contributed by atoms with Crippen LogP contribution in [0.4, 0.5) is 5.88 Å². The van der Waals surface area contributed by atoms with Crippen LogP contribution in [0.25, 0.3) is 0 Å². The number of nitrogens with one attached hydrogen (secondary N) is 1. The zero-order chi connectivity index (χ0) is 16.2. The van der Waals surface area contributed by atoms with E-state index in [9.17, 15) is 4.79 Å². The molecule has 2 heterocycles. The van der Waals surface area contributed by atoms with Gasteiger partial charge in [-0.1, -0.05) is 28.9 Å². The van der Waals surface area contributed by atoms with Gasteiger partial charge in [0.1, 0.15) is 0 Å². The molecule has 1 fully saturated rings. The third-order valence-electron chi connectivity index (χ3n) is 3.77. The van der Waals surface area contributed by atoms with Crippen LogP contribution in [0.5, 0.6) is 0 Å². The second kappa shape index (κ2) is 7.02. The standard InChI is InChI=1S/C16H18ClN3O3/c1-11(12-2-4-13(17)5-3-12)18-16(21)14-10-15(23-19-14)20-6-8-22-9-7-20/h2-5,10-11H,6-9H2,1H3,(H,18,21)/t11-/m1/s1. The number of hydrogen-bond acceptors (Lipinski definition) is 5. The molecule has 6 nitrogen and oxygen atoms in total. The molecule has 1 amide bonds. The fraction of sp³-hybridized carbons (Fsp3) is 0.375. The average Bonchev–Trinajstić information content (AvgIpc) is 3.06. The monoisotopic (exact) mass is 335 g/mol. The molecule has 1 aromatic carbocycles. The number of carbonyl (C=O) groups is 1. The van der Waals surface area contributed by atoms with Crippen LogP contribution in [-0.2, 0) is 4.74 Å². The molecule has 1 N–H and O–H groups in total. The van der Waals surface area contributed by atoms with Gasteiger partial charge in [-0.3, -0.25) is 4.79 Å². The molecule has 1 aliphatic heterocycles. The second-order valence-electron chi connectivity index (χ2n) is 5.40. The van der Waals surface area contributed by atoms with E-state index >= 15 is 0 Å². The van der Waals surface area contributed by atoms with Crippen molar-refractivity contribution in [2.45, 2.75) is 13.0 Å². The molecular formula is C16H18ClN3O3. The summed E-state index contributed by atoms with van der Waals surface area (Å²) in [5.74, 6) is 0.327. The van der Waals surface area contributed by atoms with Crippen molar-refractivity contribution in [3.05, 3.63) is 46.6 Å². The number of morpholine rings is 1. The first-order chi connectivity index (χ1) is 11.1. The van der Waals surface area contributed by atoms with Gasteiger partial charge in [0.25, 0.3) is 5.91 Å². The molecule has 1 atom stereocenters. The predicted octanol–water partition coefficient (Wildman–Crippen LogP) is 2.66. The predicted molar refractivity (Wildman–Crippen MR) is 86.9 cm³/mol. The van der Waals surface area contributed by atoms with E-state index in [-0.39, 0.29) is 17.6 Å². The summed E-state index contributed by atoms with van der Waals surface area (Å²) < 4.78 is 10.6. The maximum Gasteiger partial charge on any atom is 0.274 e. The zero-order valence-electron chi connectivity index (χ0n) is 12.8. The van der Waals surface area contributed by atoms with Crippen LogP contribution in [-0.4, -0.2) is 37.4 Å². The van der Waals surface area contributed by atoms with Gasteiger partial charge in [0.15, 0.2) is 5.69 Å². The van der Waals surface area contributed by atoms with Crippen molar-refractivity contribution in [2.24, 2.45) is 0 Å². The van der Waals surface area contributed by atoms with Crippen LogP contribution < -0.4 is 10.2 Å². The van der Waals surface area contributed by atoms with E-state index in [1.54, 1.807) is 18.2 Å². The number of aromatic nitrogens is 1. The smallest absolute Gasteiger partial charge is 0.274 e. The molecular weight excluding hydrogens is 318 g/mol. The van der Waals surface area contributed by atoms with Crippen LogP contribution >= 0.6 is 11.6 Å². The largest absolute Gasteiger partial charge is 0.378 e. The summed E-state index contributed by atoms with van der Waals surface area (Å²) in [7, 11) is 0. The lowest BCUT2D eigenvalue weighted by Crippen LogP contribution is -2.35. The van der Waals surface area contributed by atoms with Crippen molar-refractivity contribution in [3.8, 4) is 0 Å². The number of amides is 1. The molecule has 0 radical (unpaired) electrons. The first kappa shape index (κ1) is 15.8. The summed E-state index contributed by atoms with van der Waals surface area (Å²) in [4.78, 5) is 14.3. The summed E-state index contributed by atoms with van der Waals surface area (Å²) in [6.45, 7) is 4.67. The first-order valence-corrected chi connectivity index (χ1v) is 7.87. The maximum absolute atomic E-state index is 12.3. The van der Waals surface area contributed by atoms with Crippen LogP contribution in [0.2, 0.25) is 5.02 Å². The van der Waals surface area contributed by atoms with Gasteiger partial charge in [-0.15, -0.1) is 0 Å². The number of carbonyl (C=O) groups excluding carboxylic acids is 1. The molecule has 0 aliphatic carbocycles. The Hall–Kier alpha value is -2.05. The summed E-state index contributed by atoms with van der Waals surface area (Å²) in [5, 5.41) is 7.43. The summed E-state index contributed by atoms with van der Waals surface area (Å²) >= 11 is 5.87. The van der Waals surface area contributed by atoms with Crippen molar-refractivity contribution in [2.75, 3.05) is 31.2 Å². The maximum atomic E-state index is 12.3. The van der Waals surface area contributed by atoms with E-state index in [2.05, 4.69) is 10.5 Å². The van der Waals surface area contributed by atoms with Gasteiger partial charge >= 0.3 is 0 Å².